The molecule has 0 radical (unpaired) electrons. The third-order valence-corrected chi connectivity index (χ3v) is 5.38. The van der Waals surface area contributed by atoms with Crippen molar-refractivity contribution in [3.05, 3.63) is 38.0 Å². The molecule has 2 aromatic rings. The van der Waals surface area contributed by atoms with Crippen molar-refractivity contribution in [3.8, 4) is 0 Å². The van der Waals surface area contributed by atoms with E-state index < -0.39 is 0 Å². The molecule has 0 saturated carbocycles. The molecular weight excluding hydrogens is 463 g/mol. The number of hydrogen-bond donors (Lipinski definition) is 2. The Labute approximate surface area is 176 Å². The molecule has 4 nitrogen and oxygen atoms in total. The summed E-state index contributed by atoms with van der Waals surface area (Å²) in [6.07, 6.45) is 0.920. The molecule has 140 valence electrons. The Hall–Kier alpha value is -0.670. The van der Waals surface area contributed by atoms with Gasteiger partial charge in [0.15, 0.2) is 5.96 Å². The summed E-state index contributed by atoms with van der Waals surface area (Å²) in [4.78, 5) is 12.0. The van der Waals surface area contributed by atoms with Crippen LogP contribution in [0.1, 0.15) is 48.2 Å². The number of halogens is 1. The minimum atomic E-state index is 0. The van der Waals surface area contributed by atoms with Crippen molar-refractivity contribution in [2.45, 2.75) is 53.0 Å². The lowest BCUT2D eigenvalue weighted by molar-refractivity contribution is 0.570. The van der Waals surface area contributed by atoms with Gasteiger partial charge >= 0.3 is 0 Å². The first kappa shape index (κ1) is 22.4. The second-order valence-corrected chi connectivity index (χ2v) is 9.08. The Morgan fingerprint density at radius 2 is 2.00 bits per heavy atom. The zero-order chi connectivity index (χ0) is 17.6. The van der Waals surface area contributed by atoms with Gasteiger partial charge in [-0.15, -0.1) is 46.7 Å². The van der Waals surface area contributed by atoms with Gasteiger partial charge in [-0.1, -0.05) is 20.8 Å². The first-order valence-corrected chi connectivity index (χ1v) is 10.1. The Balaban J connectivity index is 0.00000312. The van der Waals surface area contributed by atoms with Crippen LogP contribution in [0.15, 0.2) is 22.5 Å². The normalized spacial score (nSPS) is 12.0. The van der Waals surface area contributed by atoms with Crippen LogP contribution in [0.3, 0.4) is 0 Å². The van der Waals surface area contributed by atoms with Crippen molar-refractivity contribution in [2.24, 2.45) is 4.99 Å². The molecule has 2 heterocycles. The first-order valence-electron chi connectivity index (χ1n) is 8.41. The second-order valence-electron chi connectivity index (χ2n) is 6.76. The molecule has 25 heavy (non-hydrogen) atoms. The highest BCUT2D eigenvalue weighted by atomic mass is 127. The van der Waals surface area contributed by atoms with E-state index in [1.807, 2.05) is 0 Å². The lowest BCUT2D eigenvalue weighted by Crippen LogP contribution is -2.38. The summed E-state index contributed by atoms with van der Waals surface area (Å²) < 4.78 is 0. The summed E-state index contributed by atoms with van der Waals surface area (Å²) >= 11 is 3.55. The van der Waals surface area contributed by atoms with Crippen LogP contribution < -0.4 is 10.6 Å². The molecular formula is C18H29IN4S2. The predicted octanol–water partition coefficient (Wildman–Crippen LogP) is 4.73. The fourth-order valence-electron chi connectivity index (χ4n) is 2.13. The molecule has 0 unspecified atom stereocenters. The van der Waals surface area contributed by atoms with Crippen LogP contribution in [-0.2, 0) is 18.4 Å². The maximum Gasteiger partial charge on any atom is 0.191 e. The maximum atomic E-state index is 4.74. The first-order chi connectivity index (χ1) is 11.4. The van der Waals surface area contributed by atoms with E-state index in [4.69, 9.17) is 4.98 Å². The summed E-state index contributed by atoms with van der Waals surface area (Å²) in [6, 6.07) is 4.29. The number of aromatic nitrogens is 1. The lowest BCUT2D eigenvalue weighted by atomic mass is 9.93. The molecule has 2 N–H and O–H groups in total. The molecule has 0 spiro atoms. The SMILES string of the molecule is CCNC(=NCc1ccc(C)s1)NCCc1nc(C(C)(C)C)cs1.I. The highest BCUT2D eigenvalue weighted by Gasteiger charge is 2.17. The summed E-state index contributed by atoms with van der Waals surface area (Å²) in [6.45, 7) is 13.2. The highest BCUT2D eigenvalue weighted by molar-refractivity contribution is 14.0. The number of guanidine groups is 1. The van der Waals surface area contributed by atoms with E-state index in [9.17, 15) is 0 Å². The molecule has 0 atom stereocenters. The zero-order valence-electron chi connectivity index (χ0n) is 15.7. The molecule has 0 aromatic carbocycles. The summed E-state index contributed by atoms with van der Waals surface area (Å²) in [5.41, 5.74) is 1.30. The van der Waals surface area contributed by atoms with Crippen molar-refractivity contribution in [1.29, 1.82) is 0 Å². The van der Waals surface area contributed by atoms with E-state index in [2.05, 4.69) is 67.8 Å². The number of rotatable bonds is 6. The van der Waals surface area contributed by atoms with Crippen LogP contribution in [0.5, 0.6) is 0 Å². The van der Waals surface area contributed by atoms with Gasteiger partial charge in [0.1, 0.15) is 0 Å². The van der Waals surface area contributed by atoms with E-state index in [-0.39, 0.29) is 29.4 Å². The Kier molecular flexibility index (Phi) is 9.37. The third-order valence-electron chi connectivity index (χ3n) is 3.48. The van der Waals surface area contributed by atoms with Gasteiger partial charge in [-0.25, -0.2) is 9.98 Å². The van der Waals surface area contributed by atoms with E-state index in [0.717, 1.165) is 32.0 Å². The van der Waals surface area contributed by atoms with Crippen LogP contribution in [0.2, 0.25) is 0 Å². The molecule has 0 amide bonds. The Morgan fingerprint density at radius 3 is 2.56 bits per heavy atom. The predicted molar refractivity (Wildman–Crippen MR) is 122 cm³/mol. The molecule has 0 fully saturated rings. The van der Waals surface area contributed by atoms with Crippen LogP contribution in [0.25, 0.3) is 0 Å². The molecule has 0 aliphatic carbocycles. The average molecular weight is 492 g/mol. The number of nitrogens with one attached hydrogen (secondary N) is 2. The van der Waals surface area contributed by atoms with Crippen LogP contribution in [-0.4, -0.2) is 24.0 Å². The number of thiazole rings is 1. The Bertz CT molecular complexity index is 671. The average Bonchev–Trinajstić information content (AvgIpc) is 3.13. The van der Waals surface area contributed by atoms with Crippen LogP contribution in [0, 0.1) is 6.92 Å². The largest absolute Gasteiger partial charge is 0.357 e. The molecule has 2 rings (SSSR count). The van der Waals surface area contributed by atoms with Crippen LogP contribution >= 0.6 is 46.7 Å². The van der Waals surface area contributed by atoms with Gasteiger partial charge in [0, 0.05) is 40.1 Å². The second kappa shape index (κ2) is 10.5. The zero-order valence-corrected chi connectivity index (χ0v) is 19.6. The van der Waals surface area contributed by atoms with E-state index in [1.54, 1.807) is 22.7 Å². The summed E-state index contributed by atoms with van der Waals surface area (Å²) in [7, 11) is 0. The monoisotopic (exact) mass is 492 g/mol. The fourth-order valence-corrected chi connectivity index (χ4v) is 3.97. The summed E-state index contributed by atoms with van der Waals surface area (Å²) in [5.74, 6) is 0.871. The number of aryl methyl sites for hydroxylation is 1. The van der Waals surface area contributed by atoms with Gasteiger partial charge in [0.2, 0.25) is 0 Å². The number of aliphatic imine (C=N–C) groups is 1. The third kappa shape index (κ3) is 7.62. The topological polar surface area (TPSA) is 49.3 Å². The molecule has 7 heteroatoms. The molecule has 0 aliphatic heterocycles. The molecule has 0 aliphatic rings. The summed E-state index contributed by atoms with van der Waals surface area (Å²) in [5, 5.41) is 10.1. The van der Waals surface area contributed by atoms with Crippen molar-refractivity contribution < 1.29 is 0 Å². The standard InChI is InChI=1S/C18H28N4S2.HI/c1-6-19-17(21-11-14-8-7-13(2)24-14)20-10-9-16-22-15(12-23-16)18(3,4)5;/h7-8,12H,6,9-11H2,1-5H3,(H2,19,20,21);1H. The van der Waals surface area contributed by atoms with E-state index >= 15 is 0 Å². The van der Waals surface area contributed by atoms with Gasteiger partial charge in [-0.3, -0.25) is 0 Å². The maximum absolute atomic E-state index is 4.74. The minimum absolute atomic E-state index is 0. The highest BCUT2D eigenvalue weighted by Crippen LogP contribution is 2.23. The fraction of sp³-hybridized carbons (Fsp3) is 0.556. The minimum Gasteiger partial charge on any atom is -0.357 e. The van der Waals surface area contributed by atoms with E-state index in [0.29, 0.717) is 0 Å². The quantitative estimate of drug-likeness (QED) is 0.349. The van der Waals surface area contributed by atoms with Crippen molar-refractivity contribution in [1.82, 2.24) is 15.6 Å². The van der Waals surface area contributed by atoms with Gasteiger partial charge in [-0.05, 0) is 26.0 Å². The number of thiophene rings is 1. The smallest absolute Gasteiger partial charge is 0.191 e. The van der Waals surface area contributed by atoms with Gasteiger partial charge in [-0.2, -0.15) is 0 Å². The van der Waals surface area contributed by atoms with Crippen molar-refractivity contribution >= 4 is 52.6 Å². The van der Waals surface area contributed by atoms with Crippen LogP contribution in [0.4, 0.5) is 0 Å². The van der Waals surface area contributed by atoms with Crippen molar-refractivity contribution in [3.63, 3.8) is 0 Å². The van der Waals surface area contributed by atoms with E-state index in [1.165, 1.54) is 20.5 Å². The van der Waals surface area contributed by atoms with Gasteiger partial charge < -0.3 is 10.6 Å². The molecule has 0 bridgehead atoms. The van der Waals surface area contributed by atoms with Gasteiger partial charge in [0.25, 0.3) is 0 Å². The Morgan fingerprint density at radius 1 is 1.24 bits per heavy atom. The van der Waals surface area contributed by atoms with Crippen molar-refractivity contribution in [2.75, 3.05) is 13.1 Å². The van der Waals surface area contributed by atoms with Gasteiger partial charge in [0.05, 0.1) is 17.2 Å². The molecule has 0 saturated heterocycles. The number of nitrogens with zero attached hydrogens (tertiary/aromatic N) is 2. The number of hydrogen-bond acceptors (Lipinski definition) is 4. The molecule has 2 aromatic heterocycles. The lowest BCUT2D eigenvalue weighted by Gasteiger charge is -2.14.